The van der Waals surface area contributed by atoms with Crippen LogP contribution in [0.2, 0.25) is 57.0 Å². The maximum Gasteiger partial charge on any atom is 0.242 e. The van der Waals surface area contributed by atoms with Gasteiger partial charge in [0.2, 0.25) is 8.32 Å². The highest BCUT2D eigenvalue weighted by Gasteiger charge is 2.55. The van der Waals surface area contributed by atoms with Gasteiger partial charge in [-0.25, -0.2) is 0 Å². The van der Waals surface area contributed by atoms with Crippen molar-refractivity contribution in [2.75, 3.05) is 0 Å². The van der Waals surface area contributed by atoms with E-state index in [1.165, 1.54) is 22.1 Å². The van der Waals surface area contributed by atoms with Gasteiger partial charge in [-0.15, -0.1) is 0 Å². The number of hydrogen-bond acceptors (Lipinski definition) is 1. The lowest BCUT2D eigenvalue weighted by molar-refractivity contribution is 0.506. The highest BCUT2D eigenvalue weighted by molar-refractivity contribution is 7.07. The predicted octanol–water partition coefficient (Wildman–Crippen LogP) is 8.15. The highest BCUT2D eigenvalue weighted by atomic mass is 28.4. The summed E-state index contributed by atoms with van der Waals surface area (Å²) in [7, 11) is -5.36. The SMILES string of the molecule is CC(C)(C)c1cc(C(C)(C)C)c(O[Si](C)(C)C)c([Si](C)(C)C2([Si](C)(C)C)C=CC=C2)c1. The topological polar surface area (TPSA) is 9.23 Å². The zero-order chi connectivity index (χ0) is 24.3. The van der Waals surface area contributed by atoms with Crippen LogP contribution in [0.1, 0.15) is 52.7 Å². The second-order valence-corrected chi connectivity index (χ2v) is 28.9. The van der Waals surface area contributed by atoms with E-state index in [4.69, 9.17) is 4.43 Å². The number of benzene rings is 1. The first-order valence-electron chi connectivity index (χ1n) is 11.9. The summed E-state index contributed by atoms with van der Waals surface area (Å²) < 4.78 is 7.19. The molecule has 0 N–H and O–H groups in total. The molecule has 0 aliphatic heterocycles. The molecule has 0 fully saturated rings. The monoisotopic (exact) mass is 472 g/mol. The Bertz CT molecular complexity index is 867. The van der Waals surface area contributed by atoms with E-state index in [-0.39, 0.29) is 15.5 Å². The van der Waals surface area contributed by atoms with Gasteiger partial charge in [0, 0.05) is 4.66 Å². The molecular formula is C27H48OSi3. The van der Waals surface area contributed by atoms with E-state index in [2.05, 4.69) is 130 Å². The summed E-state index contributed by atoms with van der Waals surface area (Å²) >= 11 is 0. The summed E-state index contributed by atoms with van der Waals surface area (Å²) in [5, 5.41) is 1.52. The lowest BCUT2D eigenvalue weighted by Crippen LogP contribution is -2.61. The quantitative estimate of drug-likeness (QED) is 0.393. The third-order valence-corrected chi connectivity index (χ3v) is 18.8. The molecule has 0 saturated carbocycles. The van der Waals surface area contributed by atoms with Gasteiger partial charge >= 0.3 is 0 Å². The van der Waals surface area contributed by atoms with Gasteiger partial charge in [0.25, 0.3) is 0 Å². The molecule has 1 aromatic carbocycles. The van der Waals surface area contributed by atoms with Crippen LogP contribution in [-0.2, 0) is 10.8 Å². The molecular weight excluding hydrogens is 425 g/mol. The van der Waals surface area contributed by atoms with Crippen LogP contribution in [0.5, 0.6) is 5.75 Å². The second kappa shape index (κ2) is 7.88. The summed E-state index contributed by atoms with van der Waals surface area (Å²) in [5.74, 6) is 1.21. The lowest BCUT2D eigenvalue weighted by Gasteiger charge is -2.50. The molecule has 1 nitrogen and oxygen atoms in total. The smallest absolute Gasteiger partial charge is 0.242 e. The highest BCUT2D eigenvalue weighted by Crippen LogP contribution is 2.53. The standard InChI is InChI=1S/C27H48OSi3/c1-25(2,3)21-19-22(26(4,5)6)24(28-30(10,11)12)23(20-21)31(13,14)27(29(7,8)9)17-15-16-18-27/h15-20H,1-14H3. The Hall–Kier alpha value is -0.849. The van der Waals surface area contributed by atoms with Crippen molar-refractivity contribution in [3.63, 3.8) is 0 Å². The third kappa shape index (κ3) is 5.06. The van der Waals surface area contributed by atoms with Gasteiger partial charge in [0.05, 0.1) is 16.1 Å². The Morgan fingerprint density at radius 2 is 1.19 bits per heavy atom. The molecule has 31 heavy (non-hydrogen) atoms. The second-order valence-electron chi connectivity index (χ2n) is 14.1. The zero-order valence-corrected chi connectivity index (χ0v) is 25.9. The lowest BCUT2D eigenvalue weighted by atomic mass is 9.80. The van der Waals surface area contributed by atoms with Crippen LogP contribution in [0.4, 0.5) is 0 Å². The van der Waals surface area contributed by atoms with Gasteiger partial charge in [-0.1, -0.05) is 111 Å². The van der Waals surface area contributed by atoms with E-state index in [0.717, 1.165) is 0 Å². The van der Waals surface area contributed by atoms with Crippen molar-refractivity contribution < 1.29 is 4.43 Å². The third-order valence-electron chi connectivity index (χ3n) is 6.95. The van der Waals surface area contributed by atoms with Crippen molar-refractivity contribution in [3.8, 4) is 5.75 Å². The van der Waals surface area contributed by atoms with Crippen LogP contribution >= 0.6 is 0 Å². The molecule has 4 heteroatoms. The van der Waals surface area contributed by atoms with Gasteiger partial charge < -0.3 is 4.43 Å². The van der Waals surface area contributed by atoms with Crippen molar-refractivity contribution >= 4 is 29.7 Å². The minimum atomic E-state index is -2.01. The maximum absolute atomic E-state index is 7.00. The van der Waals surface area contributed by atoms with E-state index >= 15 is 0 Å². The fourth-order valence-electron chi connectivity index (χ4n) is 5.05. The molecule has 1 aliphatic carbocycles. The molecule has 0 spiro atoms. The van der Waals surface area contributed by atoms with Crippen LogP contribution < -0.4 is 9.61 Å². The van der Waals surface area contributed by atoms with Crippen LogP contribution in [-0.4, -0.2) is 24.5 Å². The normalized spacial score (nSPS) is 17.4. The zero-order valence-electron chi connectivity index (χ0n) is 22.9. The maximum atomic E-state index is 7.00. The minimum absolute atomic E-state index is 0.0309. The van der Waals surface area contributed by atoms with Gasteiger partial charge in [-0.2, -0.15) is 0 Å². The number of rotatable bonds is 5. The first-order valence-corrected chi connectivity index (χ1v) is 21.8. The largest absolute Gasteiger partial charge is 0.544 e. The number of hydrogen-bond donors (Lipinski definition) is 0. The van der Waals surface area contributed by atoms with Crippen LogP contribution in [0.3, 0.4) is 0 Å². The van der Waals surface area contributed by atoms with E-state index in [1.54, 1.807) is 0 Å². The van der Waals surface area contributed by atoms with Crippen molar-refractivity contribution in [1.82, 2.24) is 0 Å². The summed E-state index contributed by atoms with van der Waals surface area (Å²) in [6.45, 7) is 33.8. The van der Waals surface area contributed by atoms with Crippen molar-refractivity contribution in [1.29, 1.82) is 0 Å². The average Bonchev–Trinajstić information content (AvgIpc) is 3.02. The van der Waals surface area contributed by atoms with Crippen LogP contribution in [0.15, 0.2) is 36.4 Å². The molecule has 0 unspecified atom stereocenters. The van der Waals surface area contributed by atoms with Crippen LogP contribution in [0, 0.1) is 0 Å². The van der Waals surface area contributed by atoms with E-state index in [9.17, 15) is 0 Å². The first-order chi connectivity index (χ1) is 13.6. The minimum Gasteiger partial charge on any atom is -0.544 e. The van der Waals surface area contributed by atoms with Crippen molar-refractivity contribution in [2.45, 2.75) is 109 Å². The summed E-state index contributed by atoms with van der Waals surface area (Å²) in [5.41, 5.74) is 2.95. The van der Waals surface area contributed by atoms with Gasteiger partial charge in [-0.05, 0) is 46.8 Å². The molecule has 174 valence electrons. The Kier molecular flexibility index (Phi) is 6.71. The molecule has 0 amide bonds. The Morgan fingerprint density at radius 1 is 0.710 bits per heavy atom. The fraction of sp³-hybridized carbons (Fsp3) is 0.630. The average molecular weight is 473 g/mol. The van der Waals surface area contributed by atoms with Gasteiger partial charge in [0.1, 0.15) is 5.75 Å². The van der Waals surface area contributed by atoms with Gasteiger partial charge in [0.15, 0.2) is 0 Å². The molecule has 0 aromatic heterocycles. The Labute approximate surface area is 196 Å². The van der Waals surface area contributed by atoms with Crippen molar-refractivity contribution in [2.24, 2.45) is 0 Å². The fourth-order valence-corrected chi connectivity index (χ4v) is 17.8. The first kappa shape index (κ1) is 26.4. The molecule has 1 aromatic rings. The molecule has 0 saturated heterocycles. The Morgan fingerprint density at radius 3 is 1.55 bits per heavy atom. The summed E-state index contributed by atoms with van der Waals surface area (Å²) in [6, 6.07) is 4.99. The van der Waals surface area contributed by atoms with Crippen LogP contribution in [0.25, 0.3) is 0 Å². The van der Waals surface area contributed by atoms with E-state index in [0.29, 0.717) is 0 Å². The molecule has 0 radical (unpaired) electrons. The molecule has 0 heterocycles. The molecule has 0 bridgehead atoms. The summed E-state index contributed by atoms with van der Waals surface area (Å²) in [6.07, 6.45) is 9.68. The molecule has 1 aliphatic rings. The van der Waals surface area contributed by atoms with Crippen molar-refractivity contribution in [3.05, 3.63) is 47.6 Å². The molecule has 2 rings (SSSR count). The van der Waals surface area contributed by atoms with E-state index in [1.807, 2.05) is 0 Å². The molecule has 0 atom stereocenters. The predicted molar refractivity (Wildman–Crippen MR) is 149 cm³/mol. The van der Waals surface area contributed by atoms with Gasteiger partial charge in [-0.3, -0.25) is 0 Å². The number of allylic oxidation sites excluding steroid dienone is 4. The van der Waals surface area contributed by atoms with E-state index < -0.39 is 24.5 Å². The summed E-state index contributed by atoms with van der Waals surface area (Å²) in [4.78, 5) is 0. The Balaban J connectivity index is 3.02.